The van der Waals surface area contributed by atoms with Crippen molar-refractivity contribution < 1.29 is 18.4 Å². The van der Waals surface area contributed by atoms with Crippen LogP contribution in [0.25, 0.3) is 17.3 Å². The molecule has 0 unspecified atom stereocenters. The van der Waals surface area contributed by atoms with Crippen LogP contribution in [0.15, 0.2) is 42.1 Å². The van der Waals surface area contributed by atoms with Gasteiger partial charge < -0.3 is 14.0 Å². The van der Waals surface area contributed by atoms with Crippen molar-refractivity contribution in [2.45, 2.75) is 45.4 Å². The fourth-order valence-corrected chi connectivity index (χ4v) is 2.82. The largest absolute Gasteiger partial charge is 0.525 e. The van der Waals surface area contributed by atoms with Gasteiger partial charge in [-0.15, -0.1) is 0 Å². The van der Waals surface area contributed by atoms with E-state index < -0.39 is 24.0 Å². The fraction of sp³-hybridized carbons (Fsp3) is 0.450. The summed E-state index contributed by atoms with van der Waals surface area (Å²) < 4.78 is 33.4. The highest BCUT2D eigenvalue weighted by Crippen LogP contribution is 2.39. The maximum absolute atomic E-state index is 14.9. The summed E-state index contributed by atoms with van der Waals surface area (Å²) >= 11 is 0. The van der Waals surface area contributed by atoms with Gasteiger partial charge in [0.1, 0.15) is 5.73 Å². The van der Waals surface area contributed by atoms with Crippen LogP contribution < -0.4 is 0 Å². The summed E-state index contributed by atoms with van der Waals surface area (Å²) in [6.45, 7) is 8.60. The van der Waals surface area contributed by atoms with Crippen molar-refractivity contribution in [3.63, 3.8) is 0 Å². The number of ether oxygens (including phenoxy) is 1. The zero-order chi connectivity index (χ0) is 19.7. The summed E-state index contributed by atoms with van der Waals surface area (Å²) in [7, 11) is 0.600. The van der Waals surface area contributed by atoms with Gasteiger partial charge in [-0.2, -0.15) is 5.10 Å². The average molecular weight is 372 g/mol. The Hall–Kier alpha value is -1.96. The molecule has 0 N–H and O–H groups in total. The second-order valence-corrected chi connectivity index (χ2v) is 7.65. The van der Waals surface area contributed by atoms with E-state index in [-0.39, 0.29) is 0 Å². The molecule has 0 radical (unpaired) electrons. The number of methoxy groups -OCH3 is 1. The number of benzene rings is 1. The monoisotopic (exact) mass is 372 g/mol. The first kappa shape index (κ1) is 19.8. The molecular formula is C20H26BFN2O3. The summed E-state index contributed by atoms with van der Waals surface area (Å²) in [6.07, 6.45) is 1.43. The highest BCUT2D eigenvalue weighted by Gasteiger charge is 2.53. The van der Waals surface area contributed by atoms with E-state index in [1.165, 1.54) is 6.08 Å². The van der Waals surface area contributed by atoms with Crippen LogP contribution in [0.5, 0.6) is 0 Å². The molecule has 1 aromatic heterocycles. The molecule has 0 bridgehead atoms. The SMILES string of the molecule is COCCn1nc(-c2ccccc2)cc1C=C(F)B1OC(C)(C)C(C)(C)O1. The first-order chi connectivity index (χ1) is 12.7. The lowest BCUT2D eigenvalue weighted by Gasteiger charge is -2.32. The van der Waals surface area contributed by atoms with E-state index in [1.54, 1.807) is 11.8 Å². The van der Waals surface area contributed by atoms with Crippen LogP contribution in [0.1, 0.15) is 33.4 Å². The quantitative estimate of drug-likeness (QED) is 0.715. The normalized spacial score (nSPS) is 18.9. The molecule has 3 rings (SSSR count). The lowest BCUT2D eigenvalue weighted by atomic mass is 9.87. The molecule has 5 nitrogen and oxygen atoms in total. The standard InChI is InChI=1S/C20H26BFN2O3/c1-19(2)20(3,4)27-21(26-19)18(22)14-16-13-17(15-9-7-6-8-10-15)23-24(16)11-12-25-5/h6-10,13-14H,11-12H2,1-5H3. The van der Waals surface area contributed by atoms with Crippen LogP contribution in [0.3, 0.4) is 0 Å². The van der Waals surface area contributed by atoms with Crippen LogP contribution in [0.4, 0.5) is 4.39 Å². The van der Waals surface area contributed by atoms with Crippen LogP contribution in [-0.2, 0) is 20.6 Å². The van der Waals surface area contributed by atoms with Gasteiger partial charge in [0.15, 0.2) is 0 Å². The molecule has 0 saturated carbocycles. The molecule has 2 heterocycles. The number of halogens is 1. The van der Waals surface area contributed by atoms with Crippen LogP contribution in [0.2, 0.25) is 0 Å². The van der Waals surface area contributed by atoms with Gasteiger partial charge in [0.2, 0.25) is 0 Å². The van der Waals surface area contributed by atoms with Crippen molar-refractivity contribution in [2.75, 3.05) is 13.7 Å². The van der Waals surface area contributed by atoms with Gasteiger partial charge in [0.25, 0.3) is 0 Å². The summed E-state index contributed by atoms with van der Waals surface area (Å²) in [6, 6.07) is 11.6. The van der Waals surface area contributed by atoms with Crippen molar-refractivity contribution in [2.24, 2.45) is 0 Å². The van der Waals surface area contributed by atoms with Crippen LogP contribution in [-0.4, -0.2) is 41.8 Å². The van der Waals surface area contributed by atoms with Crippen molar-refractivity contribution in [3.05, 3.63) is 47.8 Å². The van der Waals surface area contributed by atoms with E-state index in [1.807, 2.05) is 64.1 Å². The third-order valence-electron chi connectivity index (χ3n) is 5.15. The number of aromatic nitrogens is 2. The average Bonchev–Trinajstić information content (AvgIpc) is 3.11. The summed E-state index contributed by atoms with van der Waals surface area (Å²) in [5, 5.41) is 4.60. The van der Waals surface area contributed by atoms with E-state index in [0.717, 1.165) is 11.3 Å². The zero-order valence-electron chi connectivity index (χ0n) is 16.5. The first-order valence-electron chi connectivity index (χ1n) is 9.08. The Labute approximate surface area is 160 Å². The Kier molecular flexibility index (Phi) is 5.56. The second-order valence-electron chi connectivity index (χ2n) is 7.65. The van der Waals surface area contributed by atoms with Gasteiger partial charge in [-0.25, -0.2) is 4.39 Å². The smallest absolute Gasteiger partial charge is 0.398 e. The van der Waals surface area contributed by atoms with E-state index in [2.05, 4.69) is 5.10 Å². The molecule has 0 spiro atoms. The molecular weight excluding hydrogens is 346 g/mol. The molecule has 1 fully saturated rings. The molecule has 1 aromatic carbocycles. The number of hydrogen-bond donors (Lipinski definition) is 0. The van der Waals surface area contributed by atoms with Crippen LogP contribution >= 0.6 is 0 Å². The Morgan fingerprint density at radius 3 is 2.41 bits per heavy atom. The maximum Gasteiger partial charge on any atom is 0.525 e. The predicted octanol–water partition coefficient (Wildman–Crippen LogP) is 4.14. The lowest BCUT2D eigenvalue weighted by molar-refractivity contribution is 0.00578. The highest BCUT2D eigenvalue weighted by molar-refractivity contribution is 6.54. The third-order valence-corrected chi connectivity index (χ3v) is 5.15. The Bertz CT molecular complexity index is 802. The molecule has 1 saturated heterocycles. The maximum atomic E-state index is 14.9. The molecule has 2 aromatic rings. The second kappa shape index (κ2) is 7.58. The molecule has 0 aliphatic carbocycles. The number of rotatable bonds is 6. The van der Waals surface area contributed by atoms with Gasteiger partial charge >= 0.3 is 7.12 Å². The van der Waals surface area contributed by atoms with Crippen molar-refractivity contribution in [1.29, 1.82) is 0 Å². The highest BCUT2D eigenvalue weighted by atomic mass is 19.1. The molecule has 27 heavy (non-hydrogen) atoms. The Morgan fingerprint density at radius 2 is 1.81 bits per heavy atom. The summed E-state index contributed by atoms with van der Waals surface area (Å²) in [5.74, 6) is 0. The minimum Gasteiger partial charge on any atom is -0.398 e. The summed E-state index contributed by atoms with van der Waals surface area (Å²) in [5.41, 5.74) is 0.729. The van der Waals surface area contributed by atoms with Crippen LogP contribution in [0, 0.1) is 0 Å². The topological polar surface area (TPSA) is 45.5 Å². The van der Waals surface area contributed by atoms with Gasteiger partial charge in [0, 0.05) is 12.7 Å². The molecule has 7 heteroatoms. The predicted molar refractivity (Wildman–Crippen MR) is 105 cm³/mol. The van der Waals surface area contributed by atoms with E-state index in [9.17, 15) is 4.39 Å². The molecule has 0 amide bonds. The third kappa shape index (κ3) is 4.15. The van der Waals surface area contributed by atoms with Crippen molar-refractivity contribution in [1.82, 2.24) is 9.78 Å². The fourth-order valence-electron chi connectivity index (χ4n) is 2.82. The number of nitrogens with zero attached hydrogens (tertiary/aromatic N) is 2. The minimum absolute atomic E-state index is 0.480. The van der Waals surface area contributed by atoms with E-state index in [4.69, 9.17) is 14.0 Å². The van der Waals surface area contributed by atoms with Gasteiger partial charge in [-0.05, 0) is 39.8 Å². The minimum atomic E-state index is -1.03. The van der Waals surface area contributed by atoms with Crippen molar-refractivity contribution in [3.8, 4) is 11.3 Å². The summed E-state index contributed by atoms with van der Waals surface area (Å²) in [4.78, 5) is 0. The molecule has 1 aliphatic rings. The van der Waals surface area contributed by atoms with Gasteiger partial charge in [-0.1, -0.05) is 30.3 Å². The van der Waals surface area contributed by atoms with Gasteiger partial charge in [0.05, 0.1) is 35.7 Å². The Balaban J connectivity index is 1.90. The number of hydrogen-bond acceptors (Lipinski definition) is 4. The zero-order valence-corrected chi connectivity index (χ0v) is 16.5. The molecule has 144 valence electrons. The molecule has 1 aliphatic heterocycles. The van der Waals surface area contributed by atoms with Crippen molar-refractivity contribution >= 4 is 13.2 Å². The first-order valence-corrected chi connectivity index (χ1v) is 9.08. The molecule has 0 atom stereocenters. The van der Waals surface area contributed by atoms with E-state index in [0.29, 0.717) is 18.8 Å². The van der Waals surface area contributed by atoms with Gasteiger partial charge in [-0.3, -0.25) is 4.68 Å². The Morgan fingerprint density at radius 1 is 1.19 bits per heavy atom. The van der Waals surface area contributed by atoms with E-state index >= 15 is 0 Å². The lowest BCUT2D eigenvalue weighted by Crippen LogP contribution is -2.41.